The van der Waals surface area contributed by atoms with Gasteiger partial charge in [-0.05, 0) is 69.2 Å². The molecule has 0 aliphatic heterocycles. The van der Waals surface area contributed by atoms with Crippen LogP contribution in [0.5, 0.6) is 0 Å². The molecular weight excluding hydrogens is 375 g/mol. The summed E-state index contributed by atoms with van der Waals surface area (Å²) in [6.07, 6.45) is 9.65. The molecule has 4 saturated carbocycles. The fourth-order valence-corrected chi connectivity index (χ4v) is 5.63. The summed E-state index contributed by atoms with van der Waals surface area (Å²) < 4.78 is 0. The lowest BCUT2D eigenvalue weighted by atomic mass is 9.49. The molecule has 1 aromatic heterocycles. The molecule has 4 bridgehead atoms. The second kappa shape index (κ2) is 8.28. The highest BCUT2D eigenvalue weighted by Crippen LogP contribution is 2.59. The third-order valence-electron chi connectivity index (χ3n) is 6.25. The van der Waals surface area contributed by atoms with Crippen molar-refractivity contribution in [1.82, 2.24) is 15.3 Å². The predicted octanol–water partition coefficient (Wildman–Crippen LogP) is 2.16. The van der Waals surface area contributed by atoms with Crippen LogP contribution in [0.4, 0.5) is 0 Å². The molecule has 0 saturated heterocycles. The number of nitrogens with zero attached hydrogens (tertiary/aromatic N) is 1. The van der Waals surface area contributed by atoms with E-state index < -0.39 is 0 Å². The van der Waals surface area contributed by atoms with Crippen molar-refractivity contribution in [2.24, 2.45) is 23.5 Å². The largest absolute Gasteiger partial charge is 0.352 e. The number of amides is 1. The van der Waals surface area contributed by atoms with Crippen LogP contribution in [0.2, 0.25) is 0 Å². The van der Waals surface area contributed by atoms with Crippen molar-refractivity contribution in [3.63, 3.8) is 0 Å². The molecule has 0 atom stereocenters. The molecule has 4 aliphatic carbocycles. The van der Waals surface area contributed by atoms with Crippen molar-refractivity contribution < 1.29 is 4.79 Å². The van der Waals surface area contributed by atoms with Gasteiger partial charge in [-0.1, -0.05) is 0 Å². The van der Waals surface area contributed by atoms with Gasteiger partial charge in [0, 0.05) is 18.2 Å². The molecule has 1 amide bonds. The first-order chi connectivity index (χ1) is 11.6. The highest BCUT2D eigenvalue weighted by atomic mass is 35.5. The lowest BCUT2D eigenvalue weighted by molar-refractivity contribution is -0.00953. The molecule has 1 aromatic rings. The molecule has 26 heavy (non-hydrogen) atoms. The van der Waals surface area contributed by atoms with Gasteiger partial charge in [0.15, 0.2) is 0 Å². The van der Waals surface area contributed by atoms with Gasteiger partial charge in [-0.3, -0.25) is 9.59 Å². The number of aromatic nitrogens is 2. The van der Waals surface area contributed by atoms with Gasteiger partial charge in [0.25, 0.3) is 11.5 Å². The number of aromatic amines is 1. The van der Waals surface area contributed by atoms with Crippen molar-refractivity contribution in [3.05, 3.63) is 27.9 Å². The van der Waals surface area contributed by atoms with Gasteiger partial charge in [0.05, 0.1) is 0 Å². The Bertz CT molecular complexity index is 671. The van der Waals surface area contributed by atoms with E-state index >= 15 is 0 Å². The molecule has 0 radical (unpaired) electrons. The predicted molar refractivity (Wildman–Crippen MR) is 105 cm³/mol. The third kappa shape index (κ3) is 3.78. The fourth-order valence-electron chi connectivity index (χ4n) is 5.63. The topological polar surface area (TPSA) is 101 Å². The van der Waals surface area contributed by atoms with E-state index in [2.05, 4.69) is 15.3 Å². The number of nitrogens with one attached hydrogen (secondary N) is 2. The van der Waals surface area contributed by atoms with Crippen LogP contribution < -0.4 is 16.6 Å². The number of H-pyrrole nitrogens is 1. The zero-order valence-corrected chi connectivity index (χ0v) is 16.5. The highest BCUT2D eigenvalue weighted by molar-refractivity contribution is 5.93. The molecule has 4 N–H and O–H groups in total. The zero-order valence-electron chi connectivity index (χ0n) is 14.8. The van der Waals surface area contributed by atoms with Crippen LogP contribution in [0.15, 0.2) is 11.0 Å². The van der Waals surface area contributed by atoms with E-state index in [0.29, 0.717) is 19.5 Å². The average Bonchev–Trinajstić information content (AvgIpc) is 2.53. The Morgan fingerprint density at radius 1 is 1.19 bits per heavy atom. The van der Waals surface area contributed by atoms with E-state index in [0.717, 1.165) is 42.8 Å². The molecule has 0 aromatic carbocycles. The molecular formula is C18H28Cl2N4O2. The van der Waals surface area contributed by atoms with Crippen molar-refractivity contribution in [1.29, 1.82) is 0 Å². The van der Waals surface area contributed by atoms with E-state index in [1.165, 1.54) is 25.5 Å². The maximum absolute atomic E-state index is 12.4. The lowest BCUT2D eigenvalue weighted by Crippen LogP contribution is -2.50. The molecule has 146 valence electrons. The van der Waals surface area contributed by atoms with Crippen molar-refractivity contribution in [2.45, 2.75) is 50.4 Å². The van der Waals surface area contributed by atoms with Crippen molar-refractivity contribution in [3.8, 4) is 0 Å². The molecule has 1 heterocycles. The number of rotatable bonds is 5. The lowest BCUT2D eigenvalue weighted by Gasteiger charge is -2.56. The Morgan fingerprint density at radius 3 is 2.27 bits per heavy atom. The summed E-state index contributed by atoms with van der Waals surface area (Å²) >= 11 is 0. The fraction of sp³-hybridized carbons (Fsp3) is 0.722. The second-order valence-corrected chi connectivity index (χ2v) is 8.07. The Morgan fingerprint density at radius 2 is 1.77 bits per heavy atom. The molecule has 4 fully saturated rings. The maximum atomic E-state index is 12.4. The summed E-state index contributed by atoms with van der Waals surface area (Å²) in [6, 6.07) is 0. The Kier molecular flexibility index (Phi) is 6.75. The van der Waals surface area contributed by atoms with Crippen LogP contribution in [0, 0.1) is 17.8 Å². The van der Waals surface area contributed by atoms with Crippen molar-refractivity contribution >= 4 is 30.7 Å². The monoisotopic (exact) mass is 402 g/mol. The Hall–Kier alpha value is -1.11. The van der Waals surface area contributed by atoms with E-state index in [4.69, 9.17) is 5.73 Å². The van der Waals surface area contributed by atoms with E-state index in [9.17, 15) is 9.59 Å². The number of halogens is 2. The van der Waals surface area contributed by atoms with E-state index in [1.807, 2.05) is 0 Å². The summed E-state index contributed by atoms with van der Waals surface area (Å²) in [5, 5.41) is 2.72. The Balaban J connectivity index is 0.00000121. The van der Waals surface area contributed by atoms with Gasteiger partial charge in [-0.25, -0.2) is 4.98 Å². The first kappa shape index (κ1) is 21.2. The molecule has 4 aliphatic rings. The third-order valence-corrected chi connectivity index (χ3v) is 6.25. The first-order valence-electron chi connectivity index (χ1n) is 9.18. The molecule has 6 nitrogen and oxygen atoms in total. The average molecular weight is 403 g/mol. The summed E-state index contributed by atoms with van der Waals surface area (Å²) in [7, 11) is 0. The Labute approximate surface area is 165 Å². The standard InChI is InChI=1S/C18H26N4O2.2ClH/c19-2-1-3-20-15(23)14-10-21-17(22-16(14)24)18-7-11-4-12(8-18)6-13(5-11)9-18;;/h10-13H,1-9,19H2,(H,20,23)(H,21,22,24);2*1H. The number of hydrogen-bond acceptors (Lipinski definition) is 4. The molecule has 8 heteroatoms. The molecule has 0 unspecified atom stereocenters. The second-order valence-electron chi connectivity index (χ2n) is 8.07. The maximum Gasteiger partial charge on any atom is 0.263 e. The van der Waals surface area contributed by atoms with E-state index in [1.54, 1.807) is 0 Å². The van der Waals surface area contributed by atoms with Gasteiger partial charge in [0.1, 0.15) is 11.4 Å². The van der Waals surface area contributed by atoms with Crippen LogP contribution in [-0.4, -0.2) is 29.0 Å². The quantitative estimate of drug-likeness (QED) is 0.656. The summed E-state index contributed by atoms with van der Waals surface area (Å²) in [5.74, 6) is 2.82. The number of carbonyl (C=O) groups excluding carboxylic acids is 1. The SMILES string of the molecule is Cl.Cl.NCCCNC(=O)c1cnc(C23CC4CC(CC(C4)C2)C3)[nH]c1=O. The number of hydrogen-bond donors (Lipinski definition) is 3. The van der Waals surface area contributed by atoms with Gasteiger partial charge < -0.3 is 16.0 Å². The minimum Gasteiger partial charge on any atom is -0.352 e. The number of carbonyl (C=O) groups is 1. The van der Waals surface area contributed by atoms with Crippen LogP contribution in [0.3, 0.4) is 0 Å². The highest BCUT2D eigenvalue weighted by Gasteiger charge is 2.52. The van der Waals surface area contributed by atoms with Gasteiger partial charge in [0.2, 0.25) is 0 Å². The van der Waals surface area contributed by atoms with Gasteiger partial charge in [-0.2, -0.15) is 0 Å². The summed E-state index contributed by atoms with van der Waals surface area (Å²) in [4.78, 5) is 32.0. The summed E-state index contributed by atoms with van der Waals surface area (Å²) in [5.41, 5.74) is 5.24. The van der Waals surface area contributed by atoms with E-state index in [-0.39, 0.29) is 47.3 Å². The first-order valence-corrected chi connectivity index (χ1v) is 9.18. The zero-order chi connectivity index (χ0) is 16.7. The van der Waals surface area contributed by atoms with Crippen LogP contribution in [0.25, 0.3) is 0 Å². The van der Waals surface area contributed by atoms with Crippen LogP contribution >= 0.6 is 24.8 Å². The van der Waals surface area contributed by atoms with Crippen molar-refractivity contribution in [2.75, 3.05) is 13.1 Å². The molecule has 0 spiro atoms. The minimum atomic E-state index is -0.366. The van der Waals surface area contributed by atoms with Crippen LogP contribution in [0.1, 0.15) is 61.1 Å². The van der Waals surface area contributed by atoms with Gasteiger partial charge >= 0.3 is 0 Å². The van der Waals surface area contributed by atoms with Gasteiger partial charge in [-0.15, -0.1) is 24.8 Å². The number of nitrogens with two attached hydrogens (primary N) is 1. The minimum absolute atomic E-state index is 0. The molecule has 5 rings (SSSR count). The van der Waals surface area contributed by atoms with Crippen LogP contribution in [-0.2, 0) is 5.41 Å². The summed E-state index contributed by atoms with van der Waals surface area (Å²) in [6.45, 7) is 0.991. The normalized spacial score (nSPS) is 31.0. The smallest absolute Gasteiger partial charge is 0.263 e.